The zero-order valence-electron chi connectivity index (χ0n) is 18.5. The van der Waals surface area contributed by atoms with Crippen LogP contribution in [0.15, 0.2) is 54.7 Å². The third kappa shape index (κ3) is 5.77. The number of nitrogens with one attached hydrogen (secondary N) is 4. The van der Waals surface area contributed by atoms with Gasteiger partial charge in [-0.1, -0.05) is 37.1 Å². The molecule has 3 aromatic rings. The van der Waals surface area contributed by atoms with Crippen molar-refractivity contribution in [1.82, 2.24) is 20.9 Å². The third-order valence-corrected chi connectivity index (χ3v) is 6.20. The fourth-order valence-electron chi connectivity index (χ4n) is 4.42. The molecule has 1 aromatic heterocycles. The Kier molecular flexibility index (Phi) is 7.21. The molecule has 1 fully saturated rings. The van der Waals surface area contributed by atoms with Crippen LogP contribution >= 0.6 is 0 Å². The fraction of sp³-hybridized carbons (Fsp3) is 0.360. The number of para-hydroxylation sites is 1. The van der Waals surface area contributed by atoms with Crippen LogP contribution in [0.25, 0.3) is 10.9 Å². The molecule has 2 atom stereocenters. The summed E-state index contributed by atoms with van der Waals surface area (Å²) in [6, 6.07) is 12.2. The van der Waals surface area contributed by atoms with E-state index in [0.717, 1.165) is 54.3 Å². The molecule has 0 unspecified atom stereocenters. The van der Waals surface area contributed by atoms with Gasteiger partial charge in [-0.3, -0.25) is 9.59 Å². The first-order valence-corrected chi connectivity index (χ1v) is 11.3. The minimum Gasteiger partial charge on any atom is -0.361 e. The monoisotopic (exact) mass is 472 g/mol. The summed E-state index contributed by atoms with van der Waals surface area (Å²) in [6.45, 7) is 0.355. The quantitative estimate of drug-likeness (QED) is 0.417. The number of amides is 2. The van der Waals surface area contributed by atoms with Gasteiger partial charge in [0.25, 0.3) is 5.91 Å². The van der Waals surface area contributed by atoms with Crippen molar-refractivity contribution in [2.24, 2.45) is 0 Å². The largest absolute Gasteiger partial charge is 0.416 e. The van der Waals surface area contributed by atoms with E-state index >= 15 is 0 Å². The van der Waals surface area contributed by atoms with E-state index in [1.54, 1.807) is 0 Å². The van der Waals surface area contributed by atoms with Crippen molar-refractivity contribution in [2.75, 3.05) is 6.54 Å². The number of H-pyrrole nitrogens is 1. The number of fused-ring (bicyclic) bond motifs is 1. The Hall–Kier alpha value is -3.33. The van der Waals surface area contributed by atoms with Gasteiger partial charge < -0.3 is 20.9 Å². The number of carbonyl (C=O) groups is 2. The molecule has 1 heterocycles. The van der Waals surface area contributed by atoms with Crippen LogP contribution in [0.4, 0.5) is 13.2 Å². The number of carbonyl (C=O) groups excluding carboxylic acids is 2. The first kappa shape index (κ1) is 23.8. The second-order valence-electron chi connectivity index (χ2n) is 8.57. The maximum Gasteiger partial charge on any atom is 0.416 e. The Morgan fingerprint density at radius 2 is 1.76 bits per heavy atom. The first-order chi connectivity index (χ1) is 16.3. The van der Waals surface area contributed by atoms with E-state index in [4.69, 9.17) is 0 Å². The maximum atomic E-state index is 12.9. The lowest BCUT2D eigenvalue weighted by Crippen LogP contribution is -2.53. The molecule has 34 heavy (non-hydrogen) atoms. The van der Waals surface area contributed by atoms with Crippen LogP contribution in [0, 0.1) is 0 Å². The normalized spacial score (nSPS) is 18.6. The van der Waals surface area contributed by atoms with Crippen LogP contribution in [-0.4, -0.2) is 35.4 Å². The standard InChI is InChI=1S/C25H27F3N4O2/c26-25(27,28)18-7-5-6-16(12-18)24(34)31-15-23(33)32-22-11-4-3-10-21(22)30-14-17-13-29-20-9-2-1-8-19(17)20/h1-2,5-9,12-13,21-22,29-30H,3-4,10-11,14-15H2,(H,31,34)(H,32,33)/t21-,22+/m0/s1. The Morgan fingerprint density at radius 3 is 2.56 bits per heavy atom. The highest BCUT2D eigenvalue weighted by molar-refractivity contribution is 5.96. The summed E-state index contributed by atoms with van der Waals surface area (Å²) in [5.41, 5.74) is 1.18. The lowest BCUT2D eigenvalue weighted by molar-refractivity contribution is -0.137. The lowest BCUT2D eigenvalue weighted by atomic mass is 9.90. The van der Waals surface area contributed by atoms with Gasteiger partial charge in [0.2, 0.25) is 5.91 Å². The van der Waals surface area contributed by atoms with E-state index < -0.39 is 17.6 Å². The number of hydrogen-bond donors (Lipinski definition) is 4. The minimum atomic E-state index is -4.54. The zero-order valence-corrected chi connectivity index (χ0v) is 18.5. The van der Waals surface area contributed by atoms with Gasteiger partial charge in [-0.2, -0.15) is 13.2 Å². The van der Waals surface area contributed by atoms with Crippen LogP contribution in [0.3, 0.4) is 0 Å². The SMILES string of the molecule is O=C(CNC(=O)c1cccc(C(F)(F)F)c1)N[C@@H]1CCCC[C@@H]1NCc1c[nH]c2ccccc12. The summed E-state index contributed by atoms with van der Waals surface area (Å²) in [6.07, 6.45) is 1.24. The van der Waals surface area contributed by atoms with Crippen molar-refractivity contribution >= 4 is 22.7 Å². The van der Waals surface area contributed by atoms with Crippen LogP contribution in [0.1, 0.15) is 47.2 Å². The molecule has 2 amide bonds. The first-order valence-electron chi connectivity index (χ1n) is 11.3. The summed E-state index contributed by atoms with van der Waals surface area (Å²) < 4.78 is 38.6. The van der Waals surface area contributed by atoms with E-state index in [-0.39, 0.29) is 30.1 Å². The highest BCUT2D eigenvalue weighted by Crippen LogP contribution is 2.29. The van der Waals surface area contributed by atoms with E-state index in [1.165, 1.54) is 12.1 Å². The molecule has 1 aliphatic carbocycles. The molecule has 0 aliphatic heterocycles. The van der Waals surface area contributed by atoms with Gasteiger partial charge in [-0.15, -0.1) is 0 Å². The van der Waals surface area contributed by atoms with Gasteiger partial charge in [0.1, 0.15) is 0 Å². The second kappa shape index (κ2) is 10.3. The Bertz CT molecular complexity index is 1160. The Balaban J connectivity index is 1.30. The number of aromatic amines is 1. The molecular weight excluding hydrogens is 445 g/mol. The molecule has 0 spiro atoms. The Labute approximate surface area is 195 Å². The predicted molar refractivity (Wildman–Crippen MR) is 123 cm³/mol. The molecular formula is C25H27F3N4O2. The van der Waals surface area contributed by atoms with Gasteiger partial charge in [0.15, 0.2) is 0 Å². The number of alkyl halides is 3. The maximum absolute atomic E-state index is 12.9. The topological polar surface area (TPSA) is 86.0 Å². The van der Waals surface area contributed by atoms with Crippen molar-refractivity contribution in [3.63, 3.8) is 0 Å². The van der Waals surface area contributed by atoms with E-state index in [1.807, 2.05) is 24.4 Å². The molecule has 0 bridgehead atoms. The number of rotatable bonds is 7. The van der Waals surface area contributed by atoms with E-state index in [9.17, 15) is 22.8 Å². The molecule has 6 nitrogen and oxygen atoms in total. The summed E-state index contributed by atoms with van der Waals surface area (Å²) in [4.78, 5) is 28.0. The van der Waals surface area contributed by atoms with Gasteiger partial charge >= 0.3 is 6.18 Å². The molecule has 0 saturated heterocycles. The van der Waals surface area contributed by atoms with Crippen LogP contribution < -0.4 is 16.0 Å². The molecule has 1 aliphatic rings. The van der Waals surface area contributed by atoms with E-state index in [2.05, 4.69) is 27.0 Å². The van der Waals surface area contributed by atoms with Crippen LogP contribution in [0.2, 0.25) is 0 Å². The van der Waals surface area contributed by atoms with Crippen LogP contribution in [-0.2, 0) is 17.5 Å². The Morgan fingerprint density at radius 1 is 1.00 bits per heavy atom. The average Bonchev–Trinajstić information content (AvgIpc) is 3.24. The van der Waals surface area contributed by atoms with Crippen LogP contribution in [0.5, 0.6) is 0 Å². The minimum absolute atomic E-state index is 0.0862. The van der Waals surface area contributed by atoms with E-state index in [0.29, 0.717) is 6.54 Å². The molecule has 0 radical (unpaired) electrons. The molecule has 9 heteroatoms. The van der Waals surface area contributed by atoms with Crippen molar-refractivity contribution in [1.29, 1.82) is 0 Å². The number of halogens is 3. The summed E-state index contributed by atoms with van der Waals surface area (Å²) >= 11 is 0. The van der Waals surface area contributed by atoms with Crippen molar-refractivity contribution in [2.45, 2.75) is 50.5 Å². The number of aromatic nitrogens is 1. The summed E-state index contributed by atoms with van der Waals surface area (Å²) in [5, 5.41) is 10.1. The van der Waals surface area contributed by atoms with Crippen molar-refractivity contribution in [3.05, 3.63) is 71.4 Å². The second-order valence-corrected chi connectivity index (χ2v) is 8.57. The summed E-state index contributed by atoms with van der Waals surface area (Å²) in [5.74, 6) is -1.09. The zero-order chi connectivity index (χ0) is 24.1. The molecule has 2 aromatic carbocycles. The molecule has 180 valence electrons. The fourth-order valence-corrected chi connectivity index (χ4v) is 4.42. The van der Waals surface area contributed by atoms with Gasteiger partial charge in [-0.25, -0.2) is 0 Å². The molecule has 1 saturated carbocycles. The summed E-state index contributed by atoms with van der Waals surface area (Å²) in [7, 11) is 0. The van der Waals surface area contributed by atoms with Gasteiger partial charge in [0, 0.05) is 41.3 Å². The predicted octanol–water partition coefficient (Wildman–Crippen LogP) is 4.13. The highest BCUT2D eigenvalue weighted by Gasteiger charge is 2.31. The molecule has 4 rings (SSSR count). The van der Waals surface area contributed by atoms with Crippen molar-refractivity contribution < 1.29 is 22.8 Å². The lowest BCUT2D eigenvalue weighted by Gasteiger charge is -2.33. The molecule has 4 N–H and O–H groups in total. The third-order valence-electron chi connectivity index (χ3n) is 6.20. The van der Waals surface area contributed by atoms with Gasteiger partial charge in [-0.05, 0) is 42.7 Å². The highest BCUT2D eigenvalue weighted by atomic mass is 19.4. The number of hydrogen-bond acceptors (Lipinski definition) is 3. The van der Waals surface area contributed by atoms with Gasteiger partial charge in [0.05, 0.1) is 12.1 Å². The van der Waals surface area contributed by atoms with Crippen molar-refractivity contribution in [3.8, 4) is 0 Å². The smallest absolute Gasteiger partial charge is 0.361 e. The number of benzene rings is 2. The average molecular weight is 473 g/mol.